The number of aromatic amines is 1. The number of fused-ring (bicyclic) bond motifs is 1. The number of para-hydroxylation sites is 1. The van der Waals surface area contributed by atoms with Crippen molar-refractivity contribution in [3.8, 4) is 0 Å². The van der Waals surface area contributed by atoms with Gasteiger partial charge in [0.1, 0.15) is 6.42 Å². The molecule has 0 saturated carbocycles. The molecule has 3 rings (SSSR count). The summed E-state index contributed by atoms with van der Waals surface area (Å²) < 4.78 is 0. The monoisotopic (exact) mass is 378 g/mol. The van der Waals surface area contributed by atoms with Crippen LogP contribution in [0.5, 0.6) is 0 Å². The van der Waals surface area contributed by atoms with Gasteiger partial charge in [-0.15, -0.1) is 0 Å². The third-order valence-corrected chi connectivity index (χ3v) is 4.20. The second kappa shape index (κ2) is 8.85. The van der Waals surface area contributed by atoms with Gasteiger partial charge in [-0.2, -0.15) is 0 Å². The maximum atomic E-state index is 12.0. The molecule has 3 amide bonds. The van der Waals surface area contributed by atoms with E-state index in [9.17, 15) is 14.4 Å². The Morgan fingerprint density at radius 1 is 0.893 bits per heavy atom. The van der Waals surface area contributed by atoms with Crippen molar-refractivity contribution in [1.82, 2.24) is 10.3 Å². The first-order valence-corrected chi connectivity index (χ1v) is 9.00. The van der Waals surface area contributed by atoms with Gasteiger partial charge in [0.2, 0.25) is 17.7 Å². The topological polar surface area (TPSA) is 103 Å². The van der Waals surface area contributed by atoms with E-state index in [4.69, 9.17) is 0 Å². The van der Waals surface area contributed by atoms with Crippen LogP contribution in [0.15, 0.2) is 54.7 Å². The summed E-state index contributed by atoms with van der Waals surface area (Å²) in [5.41, 5.74) is 3.39. The van der Waals surface area contributed by atoms with E-state index in [1.807, 2.05) is 30.5 Å². The van der Waals surface area contributed by atoms with Crippen LogP contribution in [-0.4, -0.2) is 29.3 Å². The van der Waals surface area contributed by atoms with Gasteiger partial charge in [0.05, 0.1) is 0 Å². The Hall–Kier alpha value is -3.61. The van der Waals surface area contributed by atoms with Crippen molar-refractivity contribution < 1.29 is 14.4 Å². The molecule has 2 aromatic carbocycles. The number of aromatic nitrogens is 1. The van der Waals surface area contributed by atoms with E-state index < -0.39 is 5.91 Å². The fraction of sp³-hybridized carbons (Fsp3) is 0.190. The first-order chi connectivity index (χ1) is 13.5. The highest BCUT2D eigenvalue weighted by Gasteiger charge is 2.10. The average Bonchev–Trinajstić information content (AvgIpc) is 3.06. The number of amides is 3. The van der Waals surface area contributed by atoms with E-state index in [2.05, 4.69) is 20.9 Å². The summed E-state index contributed by atoms with van der Waals surface area (Å²) in [6.45, 7) is 1.88. The maximum Gasteiger partial charge on any atom is 0.233 e. The smallest absolute Gasteiger partial charge is 0.233 e. The second-order valence-corrected chi connectivity index (χ2v) is 6.44. The fourth-order valence-electron chi connectivity index (χ4n) is 2.93. The SMILES string of the molecule is CC(=O)Nc1ccc(NC(=O)CC(=O)NCCc2c[nH]c3ccccc23)cc1. The van der Waals surface area contributed by atoms with Gasteiger partial charge in [-0.1, -0.05) is 18.2 Å². The van der Waals surface area contributed by atoms with Crippen molar-refractivity contribution in [3.05, 3.63) is 60.3 Å². The maximum absolute atomic E-state index is 12.0. The molecule has 0 unspecified atom stereocenters. The van der Waals surface area contributed by atoms with Crippen LogP contribution in [0.2, 0.25) is 0 Å². The van der Waals surface area contributed by atoms with Gasteiger partial charge in [0.25, 0.3) is 0 Å². The number of carbonyl (C=O) groups is 3. The number of H-pyrrole nitrogens is 1. The van der Waals surface area contributed by atoms with E-state index in [0.717, 1.165) is 16.5 Å². The summed E-state index contributed by atoms with van der Waals surface area (Å²) in [6.07, 6.45) is 2.37. The number of rotatable bonds is 7. The zero-order chi connectivity index (χ0) is 19.9. The Balaban J connectivity index is 1.43. The lowest BCUT2D eigenvalue weighted by Gasteiger charge is -2.08. The third kappa shape index (κ3) is 5.20. The van der Waals surface area contributed by atoms with Crippen molar-refractivity contribution in [2.45, 2.75) is 19.8 Å². The molecule has 0 spiro atoms. The Morgan fingerprint density at radius 3 is 2.29 bits per heavy atom. The van der Waals surface area contributed by atoms with Crippen molar-refractivity contribution in [2.75, 3.05) is 17.2 Å². The van der Waals surface area contributed by atoms with Gasteiger partial charge in [-0.3, -0.25) is 14.4 Å². The van der Waals surface area contributed by atoms with E-state index in [-0.39, 0.29) is 18.2 Å². The van der Waals surface area contributed by atoms with Gasteiger partial charge in [-0.05, 0) is 42.3 Å². The van der Waals surface area contributed by atoms with Crippen LogP contribution in [0.4, 0.5) is 11.4 Å². The average molecular weight is 378 g/mol. The number of carbonyl (C=O) groups excluding carboxylic acids is 3. The lowest BCUT2D eigenvalue weighted by Crippen LogP contribution is -2.29. The number of anilines is 2. The highest BCUT2D eigenvalue weighted by molar-refractivity contribution is 6.03. The zero-order valence-corrected chi connectivity index (χ0v) is 15.5. The van der Waals surface area contributed by atoms with E-state index in [0.29, 0.717) is 24.3 Å². The van der Waals surface area contributed by atoms with Crippen LogP contribution in [-0.2, 0) is 20.8 Å². The first-order valence-electron chi connectivity index (χ1n) is 9.00. The Labute approximate surface area is 162 Å². The zero-order valence-electron chi connectivity index (χ0n) is 15.5. The number of hydrogen-bond acceptors (Lipinski definition) is 3. The molecule has 3 aromatic rings. The molecule has 0 fully saturated rings. The fourth-order valence-corrected chi connectivity index (χ4v) is 2.93. The molecular formula is C21H22N4O3. The summed E-state index contributed by atoms with van der Waals surface area (Å²) in [6, 6.07) is 14.7. The van der Waals surface area contributed by atoms with E-state index in [1.165, 1.54) is 6.92 Å². The summed E-state index contributed by atoms with van der Waals surface area (Å²) in [7, 11) is 0. The summed E-state index contributed by atoms with van der Waals surface area (Å²) in [5.74, 6) is -0.884. The Bertz CT molecular complexity index is 992. The minimum absolute atomic E-state index is 0.166. The molecule has 1 aromatic heterocycles. The van der Waals surface area contributed by atoms with E-state index >= 15 is 0 Å². The van der Waals surface area contributed by atoms with Crippen LogP contribution < -0.4 is 16.0 Å². The minimum Gasteiger partial charge on any atom is -0.361 e. The Kier molecular flexibility index (Phi) is 6.06. The Morgan fingerprint density at radius 2 is 1.57 bits per heavy atom. The predicted molar refractivity (Wildman–Crippen MR) is 109 cm³/mol. The molecule has 28 heavy (non-hydrogen) atoms. The highest BCUT2D eigenvalue weighted by Crippen LogP contribution is 2.17. The van der Waals surface area contributed by atoms with Crippen molar-refractivity contribution in [3.63, 3.8) is 0 Å². The van der Waals surface area contributed by atoms with Gasteiger partial charge in [0, 0.05) is 41.9 Å². The quantitative estimate of drug-likeness (QED) is 0.475. The normalized spacial score (nSPS) is 10.5. The first kappa shape index (κ1) is 19.2. The lowest BCUT2D eigenvalue weighted by atomic mass is 10.1. The summed E-state index contributed by atoms with van der Waals surface area (Å²) >= 11 is 0. The van der Waals surface area contributed by atoms with Crippen LogP contribution in [0, 0.1) is 0 Å². The molecule has 0 bridgehead atoms. The van der Waals surface area contributed by atoms with Crippen LogP contribution in [0.3, 0.4) is 0 Å². The number of nitrogens with one attached hydrogen (secondary N) is 4. The van der Waals surface area contributed by atoms with Crippen LogP contribution in [0.1, 0.15) is 18.9 Å². The lowest BCUT2D eigenvalue weighted by molar-refractivity contribution is -0.126. The third-order valence-electron chi connectivity index (χ3n) is 4.20. The van der Waals surface area contributed by atoms with Crippen LogP contribution >= 0.6 is 0 Å². The number of hydrogen-bond donors (Lipinski definition) is 4. The van der Waals surface area contributed by atoms with Crippen LogP contribution in [0.25, 0.3) is 10.9 Å². The molecule has 0 atom stereocenters. The molecule has 4 N–H and O–H groups in total. The molecule has 7 heteroatoms. The summed E-state index contributed by atoms with van der Waals surface area (Å²) in [5, 5.41) is 9.22. The molecular weight excluding hydrogens is 356 g/mol. The standard InChI is InChI=1S/C21H22N4O3/c1-14(26)24-16-6-8-17(9-7-16)25-21(28)12-20(27)22-11-10-15-13-23-19-5-3-2-4-18(15)19/h2-9,13,23H,10-12H2,1H3,(H,22,27)(H,24,26)(H,25,28). The van der Waals surface area contributed by atoms with Gasteiger partial charge in [0.15, 0.2) is 0 Å². The van der Waals surface area contributed by atoms with Gasteiger partial charge >= 0.3 is 0 Å². The molecule has 0 radical (unpaired) electrons. The molecule has 0 aliphatic heterocycles. The van der Waals surface area contributed by atoms with E-state index in [1.54, 1.807) is 24.3 Å². The molecule has 144 valence electrons. The van der Waals surface area contributed by atoms with Crippen molar-refractivity contribution in [2.24, 2.45) is 0 Å². The highest BCUT2D eigenvalue weighted by atomic mass is 16.2. The molecule has 0 aliphatic rings. The van der Waals surface area contributed by atoms with Crippen molar-refractivity contribution >= 4 is 40.0 Å². The van der Waals surface area contributed by atoms with Crippen molar-refractivity contribution in [1.29, 1.82) is 0 Å². The predicted octanol–water partition coefficient (Wildman–Crippen LogP) is 2.81. The molecule has 1 heterocycles. The molecule has 7 nitrogen and oxygen atoms in total. The largest absolute Gasteiger partial charge is 0.361 e. The molecule has 0 aliphatic carbocycles. The second-order valence-electron chi connectivity index (χ2n) is 6.44. The van der Waals surface area contributed by atoms with Gasteiger partial charge < -0.3 is 20.9 Å². The molecule has 0 saturated heterocycles. The minimum atomic E-state index is -0.392. The van der Waals surface area contributed by atoms with Gasteiger partial charge in [-0.25, -0.2) is 0 Å². The number of benzene rings is 2. The summed E-state index contributed by atoms with van der Waals surface area (Å²) in [4.78, 5) is 38.2.